The Hall–Kier alpha value is -3.10. The zero-order chi connectivity index (χ0) is 22.0. The second-order valence-electron chi connectivity index (χ2n) is 7.86. The smallest absolute Gasteiger partial charge is 0.287 e. The molecule has 1 unspecified atom stereocenters. The summed E-state index contributed by atoms with van der Waals surface area (Å²) < 4.78 is 7.15. The summed E-state index contributed by atoms with van der Waals surface area (Å²) in [6.45, 7) is 1.67. The maximum atomic E-state index is 12.5. The quantitative estimate of drug-likeness (QED) is 0.609. The van der Waals surface area contributed by atoms with Crippen LogP contribution >= 0.6 is 11.6 Å². The fraction of sp³-hybridized carbons (Fsp3) is 0.318. The van der Waals surface area contributed by atoms with E-state index in [4.69, 9.17) is 16.0 Å². The van der Waals surface area contributed by atoms with Crippen LogP contribution < -0.4 is 10.2 Å². The number of imidazole rings is 1. The van der Waals surface area contributed by atoms with Crippen LogP contribution in [0.5, 0.6) is 0 Å². The lowest BCUT2D eigenvalue weighted by Gasteiger charge is -2.18. The number of hydrogen-bond acceptors (Lipinski definition) is 5. The predicted octanol–water partition coefficient (Wildman–Crippen LogP) is 2.96. The Balaban J connectivity index is 1.38. The first-order chi connectivity index (χ1) is 14.9. The van der Waals surface area contributed by atoms with Crippen LogP contribution in [0.3, 0.4) is 0 Å². The number of carbonyl (C=O) groups excluding carboxylic acids is 2. The van der Waals surface area contributed by atoms with Crippen LogP contribution in [0.25, 0.3) is 5.69 Å². The number of amides is 2. The minimum absolute atomic E-state index is 0.0295. The van der Waals surface area contributed by atoms with Gasteiger partial charge in [-0.1, -0.05) is 0 Å². The normalized spacial score (nSPS) is 16.3. The summed E-state index contributed by atoms with van der Waals surface area (Å²) in [5, 5.41) is 2.98. The zero-order valence-electron chi connectivity index (χ0n) is 17.4. The topological polar surface area (TPSA) is 83.6 Å². The van der Waals surface area contributed by atoms with E-state index in [1.165, 1.54) is 12.1 Å². The van der Waals surface area contributed by atoms with Crippen molar-refractivity contribution in [1.29, 1.82) is 0 Å². The maximum Gasteiger partial charge on any atom is 0.287 e. The molecule has 162 valence electrons. The molecule has 8 nitrogen and oxygen atoms in total. The Morgan fingerprint density at radius 2 is 1.97 bits per heavy atom. The van der Waals surface area contributed by atoms with E-state index in [0.717, 1.165) is 23.7 Å². The monoisotopic (exact) mass is 441 g/mol. The molecule has 3 heterocycles. The second kappa shape index (κ2) is 8.95. The molecule has 0 spiro atoms. The van der Waals surface area contributed by atoms with Gasteiger partial charge in [0.25, 0.3) is 5.91 Å². The molecule has 1 saturated heterocycles. The van der Waals surface area contributed by atoms with Crippen molar-refractivity contribution >= 4 is 29.1 Å². The molecule has 1 aliphatic heterocycles. The molecule has 3 aromatic rings. The fourth-order valence-electron chi connectivity index (χ4n) is 3.69. The van der Waals surface area contributed by atoms with Crippen molar-refractivity contribution in [2.75, 3.05) is 32.1 Å². The standard InChI is InChI=1S/C22H24ClN5O3/c1-26(2)14-20-24-9-10-27(20)16-3-5-17(6-4-16)28-13-15(11-21(28)29)12-25-22(30)18-7-8-19(23)31-18/h3-10,15H,11-14H2,1-2H3,(H,25,30). The number of benzene rings is 1. The molecule has 0 aliphatic carbocycles. The highest BCUT2D eigenvalue weighted by Gasteiger charge is 2.31. The average molecular weight is 442 g/mol. The molecule has 0 radical (unpaired) electrons. The van der Waals surface area contributed by atoms with E-state index >= 15 is 0 Å². The Morgan fingerprint density at radius 3 is 2.65 bits per heavy atom. The van der Waals surface area contributed by atoms with Crippen LogP contribution in [-0.4, -0.2) is 53.5 Å². The van der Waals surface area contributed by atoms with Crippen LogP contribution in [-0.2, 0) is 11.3 Å². The molecule has 0 saturated carbocycles. The minimum atomic E-state index is -0.337. The average Bonchev–Trinajstić information content (AvgIpc) is 3.46. The van der Waals surface area contributed by atoms with Crippen molar-refractivity contribution in [3.8, 4) is 5.69 Å². The highest BCUT2D eigenvalue weighted by molar-refractivity contribution is 6.29. The molecular formula is C22H24ClN5O3. The van der Waals surface area contributed by atoms with E-state index in [-0.39, 0.29) is 28.7 Å². The molecule has 2 amide bonds. The summed E-state index contributed by atoms with van der Waals surface area (Å²) in [4.78, 5) is 32.9. The number of nitrogens with one attached hydrogen (secondary N) is 1. The number of carbonyl (C=O) groups is 2. The summed E-state index contributed by atoms with van der Waals surface area (Å²) in [5.74, 6) is 0.848. The number of rotatable bonds is 7. The fourth-order valence-corrected chi connectivity index (χ4v) is 3.84. The number of aromatic nitrogens is 2. The Labute approximate surface area is 185 Å². The number of hydrogen-bond donors (Lipinski definition) is 1. The van der Waals surface area contributed by atoms with E-state index in [1.54, 1.807) is 11.1 Å². The third kappa shape index (κ3) is 4.81. The van der Waals surface area contributed by atoms with E-state index in [9.17, 15) is 9.59 Å². The van der Waals surface area contributed by atoms with Gasteiger partial charge >= 0.3 is 0 Å². The third-order valence-corrected chi connectivity index (χ3v) is 5.37. The largest absolute Gasteiger partial charge is 0.440 e. The van der Waals surface area contributed by atoms with Gasteiger partial charge in [-0.3, -0.25) is 9.59 Å². The van der Waals surface area contributed by atoms with Crippen LogP contribution in [0.2, 0.25) is 5.22 Å². The Bertz CT molecular complexity index is 1070. The van der Waals surface area contributed by atoms with Gasteiger partial charge in [0.1, 0.15) is 5.82 Å². The number of anilines is 1. The van der Waals surface area contributed by atoms with Crippen molar-refractivity contribution in [2.45, 2.75) is 13.0 Å². The Kier molecular flexibility index (Phi) is 6.11. The van der Waals surface area contributed by atoms with Gasteiger partial charge in [0.15, 0.2) is 11.0 Å². The first-order valence-electron chi connectivity index (χ1n) is 10.0. The molecule has 2 aromatic heterocycles. The van der Waals surface area contributed by atoms with E-state index in [0.29, 0.717) is 19.5 Å². The molecule has 1 fully saturated rings. The van der Waals surface area contributed by atoms with Crippen LogP contribution in [0.4, 0.5) is 5.69 Å². The SMILES string of the molecule is CN(C)Cc1nccn1-c1ccc(N2CC(CNC(=O)c3ccc(Cl)o3)CC2=O)cc1. The lowest BCUT2D eigenvalue weighted by Crippen LogP contribution is -2.31. The van der Waals surface area contributed by atoms with Crippen molar-refractivity contribution < 1.29 is 14.0 Å². The highest BCUT2D eigenvalue weighted by Crippen LogP contribution is 2.26. The molecule has 1 aliphatic rings. The minimum Gasteiger partial charge on any atom is -0.440 e. The molecule has 4 rings (SSSR count). The van der Waals surface area contributed by atoms with Gasteiger partial charge in [-0.25, -0.2) is 4.98 Å². The summed E-state index contributed by atoms with van der Waals surface area (Å²) in [6.07, 6.45) is 4.10. The van der Waals surface area contributed by atoms with Crippen molar-refractivity contribution in [2.24, 2.45) is 5.92 Å². The van der Waals surface area contributed by atoms with E-state index in [2.05, 4.69) is 15.2 Å². The van der Waals surface area contributed by atoms with Crippen molar-refractivity contribution in [3.63, 3.8) is 0 Å². The van der Waals surface area contributed by atoms with E-state index < -0.39 is 0 Å². The van der Waals surface area contributed by atoms with Gasteiger partial charge in [-0.05, 0) is 62.1 Å². The van der Waals surface area contributed by atoms with Gasteiger partial charge in [0.05, 0.1) is 6.54 Å². The highest BCUT2D eigenvalue weighted by atomic mass is 35.5. The van der Waals surface area contributed by atoms with Gasteiger partial charge in [-0.15, -0.1) is 0 Å². The van der Waals surface area contributed by atoms with Crippen molar-refractivity contribution in [1.82, 2.24) is 19.8 Å². The molecule has 9 heteroatoms. The maximum absolute atomic E-state index is 12.5. The number of halogens is 1. The molecule has 31 heavy (non-hydrogen) atoms. The van der Waals surface area contributed by atoms with Crippen LogP contribution in [0.1, 0.15) is 22.8 Å². The molecular weight excluding hydrogens is 418 g/mol. The van der Waals surface area contributed by atoms with Gasteiger partial charge in [0, 0.05) is 49.2 Å². The molecule has 0 bridgehead atoms. The predicted molar refractivity (Wildman–Crippen MR) is 117 cm³/mol. The lowest BCUT2D eigenvalue weighted by atomic mass is 10.1. The molecule has 1 N–H and O–H groups in total. The Morgan fingerprint density at radius 1 is 1.23 bits per heavy atom. The third-order valence-electron chi connectivity index (χ3n) is 5.17. The van der Waals surface area contributed by atoms with Gasteiger partial charge in [-0.2, -0.15) is 0 Å². The summed E-state index contributed by atoms with van der Waals surface area (Å²) in [6, 6.07) is 10.9. The van der Waals surface area contributed by atoms with Gasteiger partial charge < -0.3 is 24.1 Å². The second-order valence-corrected chi connectivity index (χ2v) is 8.23. The summed E-state index contributed by atoms with van der Waals surface area (Å²) >= 11 is 5.71. The number of nitrogens with zero attached hydrogens (tertiary/aromatic N) is 4. The lowest BCUT2D eigenvalue weighted by molar-refractivity contribution is -0.117. The van der Waals surface area contributed by atoms with Crippen molar-refractivity contribution in [3.05, 3.63) is 65.6 Å². The first-order valence-corrected chi connectivity index (χ1v) is 10.4. The summed E-state index contributed by atoms with van der Waals surface area (Å²) in [7, 11) is 4.01. The van der Waals surface area contributed by atoms with E-state index in [1.807, 2.05) is 49.1 Å². The van der Waals surface area contributed by atoms with Crippen LogP contribution in [0, 0.1) is 5.92 Å². The first kappa shape index (κ1) is 21.1. The molecule has 1 atom stereocenters. The van der Waals surface area contributed by atoms with Gasteiger partial charge in [0.2, 0.25) is 5.91 Å². The summed E-state index contributed by atoms with van der Waals surface area (Å²) in [5.41, 5.74) is 1.83. The molecule has 1 aromatic carbocycles. The zero-order valence-corrected chi connectivity index (χ0v) is 18.2. The van der Waals surface area contributed by atoms with Crippen LogP contribution in [0.15, 0.2) is 53.2 Å². The number of furan rings is 1.